The summed E-state index contributed by atoms with van der Waals surface area (Å²) in [6.07, 6.45) is 13.0. The lowest BCUT2D eigenvalue weighted by atomic mass is 9.43. The molecule has 6 heteroatoms. The highest BCUT2D eigenvalue weighted by molar-refractivity contribution is 5.90. The molecule has 0 N–H and O–H groups in total. The molecule has 1 aromatic heterocycles. The van der Waals surface area contributed by atoms with Crippen LogP contribution >= 0.6 is 0 Å². The largest absolute Gasteiger partial charge is 0.469 e. The minimum Gasteiger partial charge on any atom is -0.469 e. The van der Waals surface area contributed by atoms with Crippen molar-refractivity contribution in [3.05, 3.63) is 36.5 Å². The predicted octanol–water partition coefficient (Wildman–Crippen LogP) is 6.91. The summed E-state index contributed by atoms with van der Waals surface area (Å²) in [6, 6.07) is 9.90. The fraction of sp³-hybridized carbons (Fsp3) is 0.697. The second-order valence-electron chi connectivity index (χ2n) is 13.6. The maximum Gasteiger partial charge on any atom is 0.305 e. The normalized spacial score (nSPS) is 38.4. The Hall–Kier alpha value is -2.50. The van der Waals surface area contributed by atoms with E-state index in [0.29, 0.717) is 35.9 Å². The highest BCUT2D eigenvalue weighted by atomic mass is 16.5. The number of carbonyl (C=O) groups excluding carboxylic acids is 2. The van der Waals surface area contributed by atoms with Crippen molar-refractivity contribution >= 4 is 11.8 Å². The number of carbonyl (C=O) groups is 2. The number of Topliss-reactive ketones (excluding diaryl/α,β-unsaturated/α-hetero) is 1. The standard InChI is InChI=1S/C33H45N3O3/c1-21(13-18-28(37)39-4)25-16-17-26-24-15-14-23-12-8-9-19-32(23,2)29(24)30(31(38)33(25,26)3)36-20-27(34-35-36)22-10-6-5-7-11-22/h5-7,10-11,20-21,23-26,29-30H,8-9,12-19H2,1-4H3/t21-,23+,24?,25?,26?,29?,30+,32+,33-/m1/s1. The van der Waals surface area contributed by atoms with Gasteiger partial charge in [-0.2, -0.15) is 0 Å². The van der Waals surface area contributed by atoms with Gasteiger partial charge in [0.05, 0.1) is 13.3 Å². The summed E-state index contributed by atoms with van der Waals surface area (Å²) in [7, 11) is 1.46. The smallest absolute Gasteiger partial charge is 0.305 e. The minimum atomic E-state index is -0.405. The van der Waals surface area contributed by atoms with E-state index >= 15 is 4.79 Å². The summed E-state index contributed by atoms with van der Waals surface area (Å²) in [6.45, 7) is 7.04. The Morgan fingerprint density at radius 2 is 1.90 bits per heavy atom. The number of ether oxygens (including phenoxy) is 1. The average molecular weight is 532 g/mol. The van der Waals surface area contributed by atoms with Gasteiger partial charge in [-0.05, 0) is 85.9 Å². The Labute approximate surface area is 233 Å². The predicted molar refractivity (Wildman–Crippen MR) is 151 cm³/mol. The van der Waals surface area contributed by atoms with Gasteiger partial charge in [-0.15, -0.1) is 5.10 Å². The SMILES string of the molecule is COC(=O)CC[C@@H](C)C1CCC2C3CC[C@@H]4CCCC[C@]4(C)C3[C@H](n3cc(-c4ccccc4)nn3)C(=O)[C@@]21C. The molecule has 4 saturated carbocycles. The molecule has 9 atom stereocenters. The topological polar surface area (TPSA) is 74.1 Å². The van der Waals surface area contributed by atoms with Crippen LogP contribution in [-0.4, -0.2) is 33.9 Å². The molecule has 0 saturated heterocycles. The molecule has 0 radical (unpaired) electrons. The minimum absolute atomic E-state index is 0.158. The van der Waals surface area contributed by atoms with Gasteiger partial charge >= 0.3 is 5.97 Å². The molecule has 1 aromatic carbocycles. The van der Waals surface area contributed by atoms with Gasteiger partial charge in [-0.1, -0.05) is 69.2 Å². The number of hydrogen-bond donors (Lipinski definition) is 0. The second kappa shape index (κ2) is 10.2. The molecule has 4 fully saturated rings. The molecule has 2 aromatic rings. The number of benzene rings is 1. The summed E-state index contributed by atoms with van der Waals surface area (Å²) >= 11 is 0. The van der Waals surface area contributed by atoms with Gasteiger partial charge in [0.2, 0.25) is 0 Å². The fourth-order valence-corrected chi connectivity index (χ4v) is 10.2. The van der Waals surface area contributed by atoms with Crippen molar-refractivity contribution in [2.75, 3.05) is 7.11 Å². The quantitative estimate of drug-likeness (QED) is 0.379. The van der Waals surface area contributed by atoms with Gasteiger partial charge in [-0.3, -0.25) is 9.59 Å². The van der Waals surface area contributed by atoms with Gasteiger partial charge in [0.25, 0.3) is 0 Å². The lowest BCUT2D eigenvalue weighted by molar-refractivity contribution is -0.170. The maximum atomic E-state index is 15.1. The number of rotatable bonds is 6. The van der Waals surface area contributed by atoms with Gasteiger partial charge < -0.3 is 4.74 Å². The third-order valence-electron chi connectivity index (χ3n) is 12.1. The lowest BCUT2D eigenvalue weighted by Gasteiger charge is -2.62. The Kier molecular flexibility index (Phi) is 6.96. The van der Waals surface area contributed by atoms with Crippen molar-refractivity contribution in [2.24, 2.45) is 46.3 Å². The van der Waals surface area contributed by atoms with E-state index in [1.54, 1.807) is 0 Å². The first-order chi connectivity index (χ1) is 18.8. The van der Waals surface area contributed by atoms with Crippen molar-refractivity contribution in [2.45, 2.75) is 91.0 Å². The van der Waals surface area contributed by atoms with E-state index in [0.717, 1.165) is 30.5 Å². The summed E-state index contributed by atoms with van der Waals surface area (Å²) in [4.78, 5) is 27.0. The first-order valence-corrected chi connectivity index (χ1v) is 15.4. The van der Waals surface area contributed by atoms with Crippen LogP contribution in [0.25, 0.3) is 11.3 Å². The van der Waals surface area contributed by atoms with E-state index < -0.39 is 5.41 Å². The molecular formula is C33H45N3O3. The zero-order chi connectivity index (χ0) is 27.4. The molecule has 0 bridgehead atoms. The van der Waals surface area contributed by atoms with Crippen molar-refractivity contribution in [3.8, 4) is 11.3 Å². The van der Waals surface area contributed by atoms with Crippen LogP contribution in [0.5, 0.6) is 0 Å². The maximum absolute atomic E-state index is 15.1. The molecule has 0 spiro atoms. The van der Waals surface area contributed by atoms with Crippen LogP contribution in [0.4, 0.5) is 0 Å². The number of esters is 1. The van der Waals surface area contributed by atoms with Crippen molar-refractivity contribution in [1.82, 2.24) is 15.0 Å². The summed E-state index contributed by atoms with van der Waals surface area (Å²) < 4.78 is 6.91. The molecule has 4 aliphatic carbocycles. The first kappa shape index (κ1) is 26.7. The number of nitrogens with zero attached hydrogens (tertiary/aromatic N) is 3. The number of hydrogen-bond acceptors (Lipinski definition) is 5. The van der Waals surface area contributed by atoms with Gasteiger partial charge in [0.1, 0.15) is 11.7 Å². The highest BCUT2D eigenvalue weighted by Gasteiger charge is 2.67. The summed E-state index contributed by atoms with van der Waals surface area (Å²) in [5.41, 5.74) is 1.63. The van der Waals surface area contributed by atoms with Crippen LogP contribution in [-0.2, 0) is 14.3 Å². The summed E-state index contributed by atoms with van der Waals surface area (Å²) in [5, 5.41) is 9.29. The molecule has 6 nitrogen and oxygen atoms in total. The Bertz CT molecular complexity index is 1210. The Balaban J connectivity index is 1.41. The fourth-order valence-electron chi connectivity index (χ4n) is 10.2. The molecule has 6 rings (SSSR count). The average Bonchev–Trinajstić information content (AvgIpc) is 3.58. The van der Waals surface area contributed by atoms with Crippen LogP contribution in [0.15, 0.2) is 36.5 Å². The third kappa shape index (κ3) is 4.19. The second-order valence-corrected chi connectivity index (χ2v) is 13.6. The van der Waals surface area contributed by atoms with E-state index in [4.69, 9.17) is 9.95 Å². The van der Waals surface area contributed by atoms with E-state index in [1.165, 1.54) is 45.6 Å². The van der Waals surface area contributed by atoms with Gasteiger partial charge in [0.15, 0.2) is 5.78 Å². The van der Waals surface area contributed by atoms with Gasteiger partial charge in [-0.25, -0.2) is 4.68 Å². The Morgan fingerprint density at radius 1 is 1.10 bits per heavy atom. The van der Waals surface area contributed by atoms with Crippen molar-refractivity contribution < 1.29 is 14.3 Å². The van der Waals surface area contributed by atoms with Crippen LogP contribution < -0.4 is 0 Å². The van der Waals surface area contributed by atoms with Crippen LogP contribution in [0.2, 0.25) is 0 Å². The zero-order valence-electron chi connectivity index (χ0n) is 24.1. The van der Waals surface area contributed by atoms with Gasteiger partial charge in [0, 0.05) is 17.4 Å². The molecule has 0 aliphatic heterocycles. The van der Waals surface area contributed by atoms with E-state index in [-0.39, 0.29) is 29.3 Å². The van der Waals surface area contributed by atoms with E-state index in [9.17, 15) is 4.79 Å². The molecule has 4 aliphatic rings. The molecular weight excluding hydrogens is 486 g/mol. The Morgan fingerprint density at radius 3 is 2.67 bits per heavy atom. The molecule has 39 heavy (non-hydrogen) atoms. The molecule has 1 heterocycles. The number of ketones is 1. The van der Waals surface area contributed by atoms with Crippen LogP contribution in [0.1, 0.15) is 91.0 Å². The van der Waals surface area contributed by atoms with E-state index in [1.807, 2.05) is 29.1 Å². The third-order valence-corrected chi connectivity index (χ3v) is 12.1. The first-order valence-electron chi connectivity index (χ1n) is 15.4. The highest BCUT2D eigenvalue weighted by Crippen LogP contribution is 2.69. The van der Waals surface area contributed by atoms with Crippen LogP contribution in [0.3, 0.4) is 0 Å². The lowest BCUT2D eigenvalue weighted by Crippen LogP contribution is -2.61. The van der Waals surface area contributed by atoms with Crippen molar-refractivity contribution in [1.29, 1.82) is 0 Å². The summed E-state index contributed by atoms with van der Waals surface area (Å²) in [5.74, 6) is 2.71. The van der Waals surface area contributed by atoms with Crippen molar-refractivity contribution in [3.63, 3.8) is 0 Å². The molecule has 210 valence electrons. The number of fused-ring (bicyclic) bond motifs is 5. The number of aromatic nitrogens is 3. The zero-order valence-corrected chi connectivity index (χ0v) is 24.1. The van der Waals surface area contributed by atoms with Crippen LogP contribution in [0, 0.1) is 46.3 Å². The molecule has 4 unspecified atom stereocenters. The molecule has 0 amide bonds. The number of methoxy groups -OCH3 is 1. The monoisotopic (exact) mass is 531 g/mol. The van der Waals surface area contributed by atoms with E-state index in [2.05, 4.69) is 38.0 Å².